The molecular formula is C15H12Cl2O3. The number of para-hydroxylation sites is 1. The summed E-state index contributed by atoms with van der Waals surface area (Å²) in [6, 6.07) is 10.4. The number of hydrogen-bond donors (Lipinski definition) is 1. The van der Waals surface area contributed by atoms with Crippen LogP contribution in [0.1, 0.15) is 17.2 Å². The highest BCUT2D eigenvalue weighted by atomic mass is 35.5. The average molecular weight is 311 g/mol. The molecular weight excluding hydrogens is 299 g/mol. The van der Waals surface area contributed by atoms with E-state index in [1.807, 2.05) is 12.1 Å². The Bertz CT molecular complexity index is 643. The van der Waals surface area contributed by atoms with Crippen molar-refractivity contribution < 1.29 is 14.6 Å². The van der Waals surface area contributed by atoms with E-state index in [9.17, 15) is 5.11 Å². The fourth-order valence-corrected chi connectivity index (χ4v) is 2.60. The summed E-state index contributed by atoms with van der Waals surface area (Å²) in [5.74, 6) is 1.19. The zero-order chi connectivity index (χ0) is 14.1. The van der Waals surface area contributed by atoms with E-state index in [-0.39, 0.29) is 0 Å². The van der Waals surface area contributed by atoms with E-state index in [4.69, 9.17) is 32.7 Å². The fraction of sp³-hybridized carbons (Fsp3) is 0.200. The molecule has 104 valence electrons. The number of ether oxygens (including phenoxy) is 2. The van der Waals surface area contributed by atoms with Crippen LogP contribution in [0.25, 0.3) is 0 Å². The lowest BCUT2D eigenvalue weighted by Crippen LogP contribution is -2.17. The van der Waals surface area contributed by atoms with Crippen LogP contribution in [-0.2, 0) is 0 Å². The number of aliphatic hydroxyl groups is 1. The second-order valence-corrected chi connectivity index (χ2v) is 5.28. The molecule has 1 atom stereocenters. The average Bonchev–Trinajstić information content (AvgIpc) is 2.48. The molecule has 3 nitrogen and oxygen atoms in total. The van der Waals surface area contributed by atoms with Crippen molar-refractivity contribution in [2.75, 3.05) is 13.2 Å². The molecule has 0 radical (unpaired) electrons. The second-order valence-electron chi connectivity index (χ2n) is 4.44. The number of aliphatic hydroxyl groups excluding tert-OH is 1. The zero-order valence-corrected chi connectivity index (χ0v) is 12.0. The van der Waals surface area contributed by atoms with Gasteiger partial charge < -0.3 is 14.6 Å². The summed E-state index contributed by atoms with van der Waals surface area (Å²) >= 11 is 12.1. The normalized spacial score (nSPS) is 14.9. The molecule has 0 aliphatic carbocycles. The summed E-state index contributed by atoms with van der Waals surface area (Å²) in [6.07, 6.45) is -0.919. The van der Waals surface area contributed by atoms with Gasteiger partial charge in [-0.1, -0.05) is 35.3 Å². The molecule has 0 spiro atoms. The van der Waals surface area contributed by atoms with Gasteiger partial charge in [-0.15, -0.1) is 0 Å². The topological polar surface area (TPSA) is 38.7 Å². The lowest BCUT2D eigenvalue weighted by Gasteiger charge is -2.23. The SMILES string of the molecule is OC(c1cc(Cl)ccc1Cl)c1cccc2c1OCCO2. The maximum Gasteiger partial charge on any atom is 0.167 e. The summed E-state index contributed by atoms with van der Waals surface area (Å²) in [5.41, 5.74) is 1.16. The van der Waals surface area contributed by atoms with Crippen molar-refractivity contribution in [1.82, 2.24) is 0 Å². The Morgan fingerprint density at radius 2 is 1.80 bits per heavy atom. The summed E-state index contributed by atoms with van der Waals surface area (Å²) in [5, 5.41) is 11.5. The second kappa shape index (κ2) is 5.52. The van der Waals surface area contributed by atoms with Crippen LogP contribution >= 0.6 is 23.2 Å². The van der Waals surface area contributed by atoms with Gasteiger partial charge in [0.2, 0.25) is 0 Å². The Balaban J connectivity index is 2.06. The van der Waals surface area contributed by atoms with Gasteiger partial charge in [0, 0.05) is 21.2 Å². The molecule has 0 amide bonds. The van der Waals surface area contributed by atoms with Gasteiger partial charge in [0.1, 0.15) is 19.3 Å². The summed E-state index contributed by atoms with van der Waals surface area (Å²) in [6.45, 7) is 0.963. The quantitative estimate of drug-likeness (QED) is 0.915. The number of rotatable bonds is 2. The first-order valence-corrected chi connectivity index (χ1v) is 6.94. The molecule has 1 aliphatic heterocycles. The highest BCUT2D eigenvalue weighted by Gasteiger charge is 2.23. The van der Waals surface area contributed by atoms with Gasteiger partial charge in [0.25, 0.3) is 0 Å². The van der Waals surface area contributed by atoms with Gasteiger partial charge in [-0.25, -0.2) is 0 Å². The first-order valence-electron chi connectivity index (χ1n) is 6.18. The molecule has 0 aromatic heterocycles. The standard InChI is InChI=1S/C15H12Cl2O3/c16-9-4-5-12(17)11(8-9)14(18)10-2-1-3-13-15(10)20-7-6-19-13/h1-5,8,14,18H,6-7H2. The van der Waals surface area contributed by atoms with Crippen LogP contribution in [0, 0.1) is 0 Å². The van der Waals surface area contributed by atoms with E-state index in [0.717, 1.165) is 0 Å². The molecule has 1 unspecified atom stereocenters. The minimum atomic E-state index is -0.919. The van der Waals surface area contributed by atoms with Crippen LogP contribution < -0.4 is 9.47 Å². The molecule has 3 rings (SSSR count). The van der Waals surface area contributed by atoms with Crippen LogP contribution in [0.4, 0.5) is 0 Å². The molecule has 0 fully saturated rings. The number of hydrogen-bond acceptors (Lipinski definition) is 3. The van der Waals surface area contributed by atoms with Crippen molar-refractivity contribution in [3.05, 3.63) is 57.6 Å². The van der Waals surface area contributed by atoms with Crippen molar-refractivity contribution in [3.8, 4) is 11.5 Å². The molecule has 20 heavy (non-hydrogen) atoms. The van der Waals surface area contributed by atoms with Gasteiger partial charge >= 0.3 is 0 Å². The van der Waals surface area contributed by atoms with Crippen molar-refractivity contribution in [2.45, 2.75) is 6.10 Å². The lowest BCUT2D eigenvalue weighted by molar-refractivity contribution is 0.158. The van der Waals surface area contributed by atoms with Crippen LogP contribution in [0.15, 0.2) is 36.4 Å². The zero-order valence-electron chi connectivity index (χ0n) is 10.5. The minimum absolute atomic E-state index is 0.455. The molecule has 0 bridgehead atoms. The smallest absolute Gasteiger partial charge is 0.167 e. The molecule has 1 N–H and O–H groups in total. The third-order valence-electron chi connectivity index (χ3n) is 3.14. The summed E-state index contributed by atoms with van der Waals surface area (Å²) in [7, 11) is 0. The first-order chi connectivity index (χ1) is 9.66. The Morgan fingerprint density at radius 3 is 2.65 bits per heavy atom. The molecule has 1 aliphatic rings. The first kappa shape index (κ1) is 13.6. The van der Waals surface area contributed by atoms with Gasteiger partial charge in [-0.2, -0.15) is 0 Å². The maximum absolute atomic E-state index is 10.6. The van der Waals surface area contributed by atoms with Crippen LogP contribution in [0.3, 0.4) is 0 Å². The number of fused-ring (bicyclic) bond motifs is 1. The summed E-state index contributed by atoms with van der Waals surface area (Å²) < 4.78 is 11.1. The van der Waals surface area contributed by atoms with Crippen LogP contribution in [-0.4, -0.2) is 18.3 Å². The van der Waals surface area contributed by atoms with E-state index >= 15 is 0 Å². The van der Waals surface area contributed by atoms with Crippen molar-refractivity contribution in [2.24, 2.45) is 0 Å². The van der Waals surface area contributed by atoms with Gasteiger partial charge in [-0.05, 0) is 24.3 Å². The Hall–Kier alpha value is -1.42. The van der Waals surface area contributed by atoms with E-state index in [2.05, 4.69) is 0 Å². The highest BCUT2D eigenvalue weighted by Crippen LogP contribution is 2.40. The van der Waals surface area contributed by atoms with E-state index < -0.39 is 6.10 Å². The predicted octanol–water partition coefficient (Wildman–Crippen LogP) is 3.85. The molecule has 0 saturated heterocycles. The Kier molecular flexibility index (Phi) is 3.74. The van der Waals surface area contributed by atoms with E-state index in [1.54, 1.807) is 24.3 Å². The van der Waals surface area contributed by atoms with Crippen molar-refractivity contribution >= 4 is 23.2 Å². The molecule has 2 aromatic rings. The van der Waals surface area contributed by atoms with Crippen LogP contribution in [0.5, 0.6) is 11.5 Å². The lowest BCUT2D eigenvalue weighted by atomic mass is 10.00. The molecule has 1 heterocycles. The van der Waals surface area contributed by atoms with Crippen molar-refractivity contribution in [1.29, 1.82) is 0 Å². The minimum Gasteiger partial charge on any atom is -0.486 e. The number of benzene rings is 2. The maximum atomic E-state index is 10.6. The van der Waals surface area contributed by atoms with Gasteiger partial charge in [0.15, 0.2) is 11.5 Å². The van der Waals surface area contributed by atoms with Crippen LogP contribution in [0.2, 0.25) is 10.0 Å². The van der Waals surface area contributed by atoms with Gasteiger partial charge in [-0.3, -0.25) is 0 Å². The fourth-order valence-electron chi connectivity index (χ4n) is 2.20. The highest BCUT2D eigenvalue weighted by molar-refractivity contribution is 6.33. The Labute approximate surface area is 126 Å². The largest absolute Gasteiger partial charge is 0.486 e. The molecule has 0 saturated carbocycles. The van der Waals surface area contributed by atoms with Gasteiger partial charge in [0.05, 0.1) is 0 Å². The third kappa shape index (κ3) is 2.44. The van der Waals surface area contributed by atoms with E-state index in [1.165, 1.54) is 0 Å². The molecule has 2 aromatic carbocycles. The third-order valence-corrected chi connectivity index (χ3v) is 3.72. The predicted molar refractivity (Wildman–Crippen MR) is 78.0 cm³/mol. The van der Waals surface area contributed by atoms with E-state index in [0.29, 0.717) is 45.9 Å². The van der Waals surface area contributed by atoms with Crippen molar-refractivity contribution in [3.63, 3.8) is 0 Å². The monoisotopic (exact) mass is 310 g/mol. The molecule has 5 heteroatoms. The number of halogens is 2. The Morgan fingerprint density at radius 1 is 1.00 bits per heavy atom. The summed E-state index contributed by atoms with van der Waals surface area (Å²) in [4.78, 5) is 0.